The molecule has 5 rings (SSSR count). The highest BCUT2D eigenvalue weighted by atomic mass is 32.1. The second kappa shape index (κ2) is 11.7. The molecule has 3 atom stereocenters. The Labute approximate surface area is 241 Å². The Bertz CT molecular complexity index is 1470. The summed E-state index contributed by atoms with van der Waals surface area (Å²) in [7, 11) is 4.47. The minimum absolute atomic E-state index is 0.0696. The van der Waals surface area contributed by atoms with Gasteiger partial charge in [0.15, 0.2) is 17.3 Å². The number of allylic oxidation sites excluding steroid dienone is 2. The number of esters is 1. The molecule has 2 heterocycles. The van der Waals surface area contributed by atoms with Gasteiger partial charge >= 0.3 is 5.97 Å². The predicted octanol–water partition coefficient (Wildman–Crippen LogP) is 5.62. The molecule has 10 heteroatoms. The number of rotatable bonds is 8. The van der Waals surface area contributed by atoms with Crippen molar-refractivity contribution in [3.8, 4) is 17.2 Å². The number of nitrogens with zero attached hydrogens (tertiary/aromatic N) is 1. The van der Waals surface area contributed by atoms with Crippen molar-refractivity contribution in [1.82, 2.24) is 0 Å². The first-order chi connectivity index (χ1) is 19.8. The number of thiophene rings is 1. The van der Waals surface area contributed by atoms with Crippen molar-refractivity contribution in [3.05, 3.63) is 81.4 Å². The van der Waals surface area contributed by atoms with Gasteiger partial charge in [0.25, 0.3) is 0 Å². The third kappa shape index (κ3) is 5.08. The molecule has 0 saturated carbocycles. The Morgan fingerprint density at radius 2 is 1.68 bits per heavy atom. The highest BCUT2D eigenvalue weighted by Crippen LogP contribution is 2.51. The third-order valence-corrected chi connectivity index (χ3v) is 8.55. The number of carbonyl (C=O) groups is 3. The number of methoxy groups -OCH3 is 3. The van der Waals surface area contributed by atoms with E-state index in [1.54, 1.807) is 19.1 Å². The van der Waals surface area contributed by atoms with Crippen LogP contribution in [-0.2, 0) is 19.1 Å². The molecule has 3 aromatic rings. The molecule has 1 aliphatic heterocycles. The van der Waals surface area contributed by atoms with Gasteiger partial charge in [-0.2, -0.15) is 0 Å². The highest BCUT2D eigenvalue weighted by Gasteiger charge is 2.50. The molecule has 0 radical (unpaired) electrons. The lowest BCUT2D eigenvalue weighted by atomic mass is 9.69. The number of benzene rings is 2. The lowest BCUT2D eigenvalue weighted by molar-refractivity contribution is -0.152. The fraction of sp³-hybridized carbons (Fsp3) is 0.323. The van der Waals surface area contributed by atoms with E-state index in [0.717, 1.165) is 4.88 Å². The quantitative estimate of drug-likeness (QED) is 0.253. The molecule has 0 spiro atoms. The topological polar surface area (TPSA) is 91.4 Å². The van der Waals surface area contributed by atoms with Crippen LogP contribution in [0.5, 0.6) is 17.2 Å². The van der Waals surface area contributed by atoms with Crippen LogP contribution < -0.4 is 19.1 Å². The molecule has 0 bridgehead atoms. The van der Waals surface area contributed by atoms with Gasteiger partial charge in [-0.1, -0.05) is 6.07 Å². The SMILES string of the molecule is CCOC(=O)C1C(=O)C2=C(CC1c1cccs1)N(c1ccc(F)cc1)C(=O)CC2c1cc(OC)c(OC)c(OC)c1. The fourth-order valence-corrected chi connectivity index (χ4v) is 6.64. The van der Waals surface area contributed by atoms with E-state index in [-0.39, 0.29) is 25.4 Å². The van der Waals surface area contributed by atoms with Crippen LogP contribution in [0.25, 0.3) is 0 Å². The van der Waals surface area contributed by atoms with Crippen molar-refractivity contribution in [2.75, 3.05) is 32.8 Å². The molecular weight excluding hydrogens is 549 g/mol. The maximum absolute atomic E-state index is 14.5. The van der Waals surface area contributed by atoms with Crippen LogP contribution in [0.3, 0.4) is 0 Å². The molecule has 1 aliphatic carbocycles. The molecule has 2 aliphatic rings. The second-order valence-corrected chi connectivity index (χ2v) is 10.7. The second-order valence-electron chi connectivity index (χ2n) is 9.70. The summed E-state index contributed by atoms with van der Waals surface area (Å²) in [6.07, 6.45) is 0.162. The van der Waals surface area contributed by atoms with Crippen molar-refractivity contribution in [2.45, 2.75) is 31.6 Å². The Balaban J connectivity index is 1.75. The minimum Gasteiger partial charge on any atom is -0.493 e. The average Bonchev–Trinajstić information content (AvgIpc) is 3.51. The minimum atomic E-state index is -1.08. The van der Waals surface area contributed by atoms with E-state index in [1.165, 1.54) is 61.8 Å². The number of ether oxygens (including phenoxy) is 4. The van der Waals surface area contributed by atoms with Gasteiger partial charge in [0, 0.05) is 40.1 Å². The fourth-order valence-electron chi connectivity index (χ4n) is 5.78. The van der Waals surface area contributed by atoms with Gasteiger partial charge in [0.2, 0.25) is 11.7 Å². The van der Waals surface area contributed by atoms with Gasteiger partial charge in [0.05, 0.1) is 27.9 Å². The van der Waals surface area contributed by atoms with Crippen molar-refractivity contribution in [2.24, 2.45) is 5.92 Å². The zero-order valence-corrected chi connectivity index (χ0v) is 24.0. The number of amides is 1. The third-order valence-electron chi connectivity index (χ3n) is 7.54. The van der Waals surface area contributed by atoms with Crippen LogP contribution in [0.15, 0.2) is 65.2 Å². The number of carbonyl (C=O) groups excluding carboxylic acids is 3. The number of Topliss-reactive ketones (excluding diaryl/α,β-unsaturated/α-hetero) is 1. The Kier molecular flexibility index (Phi) is 8.12. The maximum Gasteiger partial charge on any atom is 0.317 e. The summed E-state index contributed by atoms with van der Waals surface area (Å²) in [6.45, 7) is 1.83. The summed E-state index contributed by atoms with van der Waals surface area (Å²) in [5, 5.41) is 1.88. The Morgan fingerprint density at radius 1 is 1.00 bits per heavy atom. The van der Waals surface area contributed by atoms with Gasteiger partial charge in [-0.25, -0.2) is 4.39 Å². The molecule has 0 fully saturated rings. The Hall–Kier alpha value is -4.18. The number of hydrogen-bond acceptors (Lipinski definition) is 8. The lowest BCUT2D eigenvalue weighted by Gasteiger charge is -2.42. The summed E-state index contributed by atoms with van der Waals surface area (Å²) >= 11 is 1.44. The zero-order chi connectivity index (χ0) is 29.3. The number of halogens is 1. The van der Waals surface area contributed by atoms with Crippen LogP contribution in [0.4, 0.5) is 10.1 Å². The van der Waals surface area contributed by atoms with E-state index in [1.807, 2.05) is 17.5 Å². The molecule has 0 N–H and O–H groups in total. The summed E-state index contributed by atoms with van der Waals surface area (Å²) in [6, 6.07) is 12.8. The van der Waals surface area contributed by atoms with Crippen LogP contribution in [0.2, 0.25) is 0 Å². The maximum atomic E-state index is 14.5. The first-order valence-corrected chi connectivity index (χ1v) is 14.1. The lowest BCUT2D eigenvalue weighted by Crippen LogP contribution is -2.46. The molecule has 1 amide bonds. The number of ketones is 1. The van der Waals surface area contributed by atoms with Crippen molar-refractivity contribution in [1.29, 1.82) is 0 Å². The van der Waals surface area contributed by atoms with E-state index >= 15 is 0 Å². The van der Waals surface area contributed by atoms with Crippen LogP contribution in [-0.4, -0.2) is 45.6 Å². The standard InChI is InChI=1S/C31H30FNO7S/c1-5-40-31(36)28-21(25-7-6-12-41-25)15-22-27(29(28)35)20(16-26(34)33(22)19-10-8-18(32)9-11-19)17-13-23(37-2)30(39-4)24(14-17)38-3/h6-14,20-21,28H,5,15-16H2,1-4H3. The van der Waals surface area contributed by atoms with Gasteiger partial charge in [0.1, 0.15) is 11.7 Å². The summed E-state index contributed by atoms with van der Waals surface area (Å²) in [5.41, 5.74) is 1.87. The first kappa shape index (κ1) is 28.4. The largest absolute Gasteiger partial charge is 0.493 e. The van der Waals surface area contributed by atoms with Crippen molar-refractivity contribution in [3.63, 3.8) is 0 Å². The van der Waals surface area contributed by atoms with E-state index < -0.39 is 35.3 Å². The summed E-state index contributed by atoms with van der Waals surface area (Å²) in [4.78, 5) is 44.0. The molecule has 214 valence electrons. The molecular formula is C31H30FNO7S. The van der Waals surface area contributed by atoms with Crippen molar-refractivity contribution < 1.29 is 37.7 Å². The van der Waals surface area contributed by atoms with Gasteiger partial charge in [-0.05, 0) is 66.8 Å². The molecule has 2 aromatic carbocycles. The average molecular weight is 580 g/mol. The molecule has 8 nitrogen and oxygen atoms in total. The van der Waals surface area contributed by atoms with E-state index in [0.29, 0.717) is 39.8 Å². The van der Waals surface area contributed by atoms with Gasteiger partial charge in [-0.3, -0.25) is 19.3 Å². The Morgan fingerprint density at radius 3 is 2.24 bits per heavy atom. The van der Waals surface area contributed by atoms with Crippen LogP contribution in [0.1, 0.15) is 42.0 Å². The first-order valence-electron chi connectivity index (χ1n) is 13.2. The van der Waals surface area contributed by atoms with Gasteiger partial charge < -0.3 is 18.9 Å². The molecule has 0 saturated heterocycles. The summed E-state index contributed by atoms with van der Waals surface area (Å²) in [5.74, 6) is -2.90. The monoisotopic (exact) mass is 579 g/mol. The number of anilines is 1. The molecule has 41 heavy (non-hydrogen) atoms. The predicted molar refractivity (Wildman–Crippen MR) is 151 cm³/mol. The van der Waals surface area contributed by atoms with E-state index in [4.69, 9.17) is 18.9 Å². The highest BCUT2D eigenvalue weighted by molar-refractivity contribution is 7.10. The normalized spacial score (nSPS) is 20.5. The van der Waals surface area contributed by atoms with E-state index in [2.05, 4.69) is 0 Å². The van der Waals surface area contributed by atoms with E-state index in [9.17, 15) is 18.8 Å². The summed E-state index contributed by atoms with van der Waals surface area (Å²) < 4.78 is 35.8. The molecule has 1 aromatic heterocycles. The van der Waals surface area contributed by atoms with Crippen LogP contribution in [0, 0.1) is 11.7 Å². The van der Waals surface area contributed by atoms with Crippen LogP contribution >= 0.6 is 11.3 Å². The smallest absolute Gasteiger partial charge is 0.317 e. The number of hydrogen-bond donors (Lipinski definition) is 0. The molecule has 3 unspecified atom stereocenters. The van der Waals surface area contributed by atoms with Crippen molar-refractivity contribution >= 4 is 34.7 Å². The van der Waals surface area contributed by atoms with Gasteiger partial charge in [-0.15, -0.1) is 11.3 Å². The zero-order valence-electron chi connectivity index (χ0n) is 23.1.